The van der Waals surface area contributed by atoms with Gasteiger partial charge in [-0.2, -0.15) is 0 Å². The molecule has 0 bridgehead atoms. The minimum Gasteiger partial charge on any atom is -0.389 e. The van der Waals surface area contributed by atoms with Gasteiger partial charge in [0.05, 0.1) is 0 Å². The highest BCUT2D eigenvalue weighted by Gasteiger charge is 2.63. The molecule has 0 aliphatic heterocycles. The van der Waals surface area contributed by atoms with Crippen LogP contribution in [-0.2, 0) is 0 Å². The van der Waals surface area contributed by atoms with Crippen LogP contribution in [0.3, 0.4) is 0 Å². The maximum atomic E-state index is 10.5. The number of rotatable bonds is 6. The van der Waals surface area contributed by atoms with Crippen molar-refractivity contribution in [2.24, 2.45) is 0 Å². The van der Waals surface area contributed by atoms with Crippen LogP contribution in [-0.4, -0.2) is 61.4 Å². The normalized spacial score (nSPS) is 17.1. The summed E-state index contributed by atoms with van der Waals surface area (Å²) in [7, 11) is 0. The quantitative estimate of drug-likeness (QED) is 0.210. The lowest BCUT2D eigenvalue weighted by atomic mass is 9.91. The lowest BCUT2D eigenvalue weighted by Gasteiger charge is -2.25. The fraction of sp³-hybridized carbons (Fsp3) is 1.00. The molecule has 0 aromatic rings. The molecule has 0 aliphatic rings. The Morgan fingerprint density at radius 1 is 1.20 bits per heavy atom. The number of hydrogen-bond donors (Lipinski definition) is 4. The Balaban J connectivity index is 5.40. The van der Waals surface area contributed by atoms with E-state index in [9.17, 15) is 20.2 Å². The summed E-state index contributed by atoms with van der Waals surface area (Å²) in [6, 6.07) is -2.31. The molecule has 10 heteroatoms. The van der Waals surface area contributed by atoms with E-state index in [4.69, 9.17) is 20.4 Å². The first-order valence-corrected chi connectivity index (χ1v) is 3.70. The summed E-state index contributed by atoms with van der Waals surface area (Å²) < 4.78 is 0. The van der Waals surface area contributed by atoms with Crippen molar-refractivity contribution in [2.45, 2.75) is 17.9 Å². The van der Waals surface area contributed by atoms with Gasteiger partial charge in [0.1, 0.15) is 13.2 Å². The highest BCUT2D eigenvalue weighted by Crippen LogP contribution is 2.21. The van der Waals surface area contributed by atoms with E-state index in [0.717, 1.165) is 0 Å². The molecule has 0 rings (SSSR count). The number of nitro groups is 2. The van der Waals surface area contributed by atoms with E-state index in [1.54, 1.807) is 0 Å². The van der Waals surface area contributed by atoms with Crippen LogP contribution in [0, 0.1) is 20.2 Å². The van der Waals surface area contributed by atoms with E-state index in [0.29, 0.717) is 0 Å². The molecule has 0 aromatic carbocycles. The maximum Gasteiger partial charge on any atom is 0.361 e. The zero-order chi connectivity index (χ0) is 12.2. The van der Waals surface area contributed by atoms with Gasteiger partial charge < -0.3 is 20.4 Å². The van der Waals surface area contributed by atoms with E-state index in [2.05, 4.69) is 0 Å². The van der Waals surface area contributed by atoms with Gasteiger partial charge in [-0.1, -0.05) is 0 Å². The highest BCUT2D eigenvalue weighted by molar-refractivity contribution is 4.89. The van der Waals surface area contributed by atoms with Gasteiger partial charge in [0, 0.05) is 9.85 Å². The molecule has 88 valence electrons. The van der Waals surface area contributed by atoms with E-state index in [1.165, 1.54) is 0 Å². The predicted octanol–water partition coefficient (Wildman–Crippen LogP) is -3.06. The topological polar surface area (TPSA) is 167 Å². The van der Waals surface area contributed by atoms with Crippen LogP contribution >= 0.6 is 0 Å². The van der Waals surface area contributed by atoms with Crippen LogP contribution in [0.25, 0.3) is 0 Å². The van der Waals surface area contributed by atoms with Crippen LogP contribution in [0.1, 0.15) is 0 Å². The van der Waals surface area contributed by atoms with Crippen molar-refractivity contribution in [3.63, 3.8) is 0 Å². The third-order valence-corrected chi connectivity index (χ3v) is 2.04. The molecule has 0 saturated carbocycles. The van der Waals surface area contributed by atoms with E-state index >= 15 is 0 Å². The molecule has 2 unspecified atom stereocenters. The van der Waals surface area contributed by atoms with Gasteiger partial charge in [-0.3, -0.25) is 20.2 Å². The summed E-state index contributed by atoms with van der Waals surface area (Å²) in [5, 5.41) is 55.6. The molecule has 2 atom stereocenters. The van der Waals surface area contributed by atoms with Crippen molar-refractivity contribution in [1.82, 2.24) is 0 Å². The maximum absolute atomic E-state index is 10.5. The Kier molecular flexibility index (Phi) is 4.48. The predicted molar refractivity (Wildman–Crippen MR) is 42.9 cm³/mol. The second-order valence-electron chi connectivity index (χ2n) is 2.76. The van der Waals surface area contributed by atoms with Crippen molar-refractivity contribution in [1.29, 1.82) is 0 Å². The zero-order valence-corrected chi connectivity index (χ0v) is 7.39. The SMILES string of the molecule is O=[N+]([O-])C(CO)C(CO)(C(O)O)[N+](=O)[O-]. The second kappa shape index (κ2) is 4.93. The van der Waals surface area contributed by atoms with Crippen molar-refractivity contribution < 1.29 is 30.3 Å². The summed E-state index contributed by atoms with van der Waals surface area (Å²) in [6.07, 6.45) is -2.76. The van der Waals surface area contributed by atoms with Gasteiger partial charge in [0.15, 0.2) is 0 Å². The van der Waals surface area contributed by atoms with Gasteiger partial charge in [0.2, 0.25) is 6.29 Å². The molecular weight excluding hydrogens is 216 g/mol. The molecule has 4 N–H and O–H groups in total. The molecule has 0 spiro atoms. The first kappa shape index (κ1) is 13.6. The third kappa shape index (κ3) is 2.18. The Morgan fingerprint density at radius 2 is 1.67 bits per heavy atom. The Bertz CT molecular complexity index is 255. The molecule has 0 amide bonds. The number of nitrogens with zero attached hydrogens (tertiary/aromatic N) is 2. The molecule has 0 radical (unpaired) electrons. The minimum absolute atomic E-state index is 1.25. The van der Waals surface area contributed by atoms with Crippen LogP contribution in [0.5, 0.6) is 0 Å². The van der Waals surface area contributed by atoms with Gasteiger partial charge in [-0.15, -0.1) is 0 Å². The second-order valence-corrected chi connectivity index (χ2v) is 2.76. The summed E-state index contributed by atoms with van der Waals surface area (Å²) >= 11 is 0. The summed E-state index contributed by atoms with van der Waals surface area (Å²) in [5.74, 6) is 0. The fourth-order valence-electron chi connectivity index (χ4n) is 1.04. The van der Waals surface area contributed by atoms with Crippen molar-refractivity contribution >= 4 is 0 Å². The number of aliphatic hydroxyl groups is 4. The first-order chi connectivity index (χ1) is 6.84. The smallest absolute Gasteiger partial charge is 0.361 e. The first-order valence-electron chi connectivity index (χ1n) is 3.70. The van der Waals surface area contributed by atoms with Crippen LogP contribution < -0.4 is 0 Å². The average Bonchev–Trinajstić information content (AvgIpc) is 2.11. The van der Waals surface area contributed by atoms with Gasteiger partial charge in [-0.25, -0.2) is 0 Å². The molecule has 0 heterocycles. The minimum atomic E-state index is -3.03. The number of hydrogen-bond acceptors (Lipinski definition) is 8. The van der Waals surface area contributed by atoms with Gasteiger partial charge in [-0.05, 0) is 0 Å². The molecule has 0 aromatic heterocycles. The highest BCUT2D eigenvalue weighted by atomic mass is 16.7. The molecule has 0 saturated heterocycles. The third-order valence-electron chi connectivity index (χ3n) is 2.04. The summed E-state index contributed by atoms with van der Waals surface area (Å²) in [4.78, 5) is 18.2. The van der Waals surface area contributed by atoms with Gasteiger partial charge >= 0.3 is 11.6 Å². The van der Waals surface area contributed by atoms with Gasteiger partial charge in [0.25, 0.3) is 0 Å². The zero-order valence-electron chi connectivity index (χ0n) is 7.39. The Hall–Kier alpha value is -1.36. The van der Waals surface area contributed by atoms with Crippen LogP contribution in [0.15, 0.2) is 0 Å². The molecule has 0 aliphatic carbocycles. The Labute approximate surface area is 82.7 Å². The van der Waals surface area contributed by atoms with Crippen LogP contribution in [0.2, 0.25) is 0 Å². The van der Waals surface area contributed by atoms with Crippen LogP contribution in [0.4, 0.5) is 0 Å². The van der Waals surface area contributed by atoms with Crippen molar-refractivity contribution in [3.05, 3.63) is 20.2 Å². The van der Waals surface area contributed by atoms with E-state index in [-0.39, 0.29) is 0 Å². The fourth-order valence-corrected chi connectivity index (χ4v) is 1.04. The van der Waals surface area contributed by atoms with Crippen molar-refractivity contribution in [3.8, 4) is 0 Å². The molecule has 10 nitrogen and oxygen atoms in total. The molecule has 15 heavy (non-hydrogen) atoms. The van der Waals surface area contributed by atoms with E-state index in [1.807, 2.05) is 0 Å². The van der Waals surface area contributed by atoms with E-state index < -0.39 is 40.9 Å². The lowest BCUT2D eigenvalue weighted by molar-refractivity contribution is -0.674. The largest absolute Gasteiger partial charge is 0.389 e. The molecular formula is C5H10N2O8. The number of aliphatic hydroxyl groups excluding tert-OH is 3. The molecule has 0 fully saturated rings. The average molecular weight is 226 g/mol. The Morgan fingerprint density at radius 3 is 1.73 bits per heavy atom. The standard InChI is InChI=1S/C5H10N2O8/c8-1-3(6(12)13)5(2-9,4(10)11)7(14)15/h3-4,8-11H,1-2H2. The monoisotopic (exact) mass is 226 g/mol. The van der Waals surface area contributed by atoms with Crippen molar-refractivity contribution in [2.75, 3.05) is 13.2 Å². The summed E-state index contributed by atoms with van der Waals surface area (Å²) in [6.45, 7) is -2.78. The summed E-state index contributed by atoms with van der Waals surface area (Å²) in [5.41, 5.74) is -3.03. The lowest BCUT2D eigenvalue weighted by Crippen LogP contribution is -2.64.